The first-order valence-electron chi connectivity index (χ1n) is 11.1. The van der Waals surface area contributed by atoms with Crippen LogP contribution in [-0.2, 0) is 14.3 Å². The number of carbonyl (C=O) groups excluding carboxylic acids is 2. The van der Waals surface area contributed by atoms with Gasteiger partial charge in [0.25, 0.3) is 0 Å². The number of benzene rings is 2. The van der Waals surface area contributed by atoms with Gasteiger partial charge in [0, 0.05) is 12.0 Å². The summed E-state index contributed by atoms with van der Waals surface area (Å²) in [4.78, 5) is 36.3. The summed E-state index contributed by atoms with van der Waals surface area (Å²) < 4.78 is 5.61. The zero-order valence-corrected chi connectivity index (χ0v) is 18.0. The molecule has 2 aliphatic carbocycles. The molecule has 0 spiro atoms. The second-order valence-electron chi connectivity index (χ2n) is 8.54. The van der Waals surface area contributed by atoms with Crippen molar-refractivity contribution in [2.75, 3.05) is 6.61 Å². The van der Waals surface area contributed by atoms with E-state index in [1.165, 1.54) is 6.92 Å². The quantitative estimate of drug-likeness (QED) is 0.641. The Balaban J connectivity index is 1.39. The smallest absolute Gasteiger partial charge is 0.407 e. The lowest BCUT2D eigenvalue weighted by Crippen LogP contribution is -2.51. The molecule has 1 saturated carbocycles. The predicted octanol–water partition coefficient (Wildman–Crippen LogP) is 3.67. The van der Waals surface area contributed by atoms with Crippen molar-refractivity contribution in [1.82, 2.24) is 10.6 Å². The van der Waals surface area contributed by atoms with E-state index in [4.69, 9.17) is 9.84 Å². The zero-order chi connectivity index (χ0) is 22.7. The number of carboxylic acid groups (broad SMARTS) is 1. The highest BCUT2D eigenvalue weighted by Gasteiger charge is 2.34. The molecule has 0 bridgehead atoms. The van der Waals surface area contributed by atoms with E-state index in [1.807, 2.05) is 24.3 Å². The molecule has 7 nitrogen and oxygen atoms in total. The van der Waals surface area contributed by atoms with Crippen molar-refractivity contribution in [1.29, 1.82) is 0 Å². The molecule has 2 aromatic rings. The number of carboxylic acids is 1. The number of carbonyl (C=O) groups is 3. The van der Waals surface area contributed by atoms with Gasteiger partial charge in [0.05, 0.1) is 5.92 Å². The summed E-state index contributed by atoms with van der Waals surface area (Å²) in [7, 11) is 0. The van der Waals surface area contributed by atoms with E-state index in [0.717, 1.165) is 35.1 Å². The highest BCUT2D eigenvalue weighted by molar-refractivity contribution is 5.85. The first-order valence-corrected chi connectivity index (χ1v) is 11.1. The summed E-state index contributed by atoms with van der Waals surface area (Å²) in [6.07, 6.45) is 2.47. The van der Waals surface area contributed by atoms with E-state index in [9.17, 15) is 14.4 Å². The van der Waals surface area contributed by atoms with Crippen LogP contribution in [0.15, 0.2) is 48.5 Å². The first-order chi connectivity index (χ1) is 15.5. The highest BCUT2D eigenvalue weighted by atomic mass is 16.5. The molecule has 2 amide bonds. The van der Waals surface area contributed by atoms with Crippen molar-refractivity contribution in [3.8, 4) is 11.1 Å². The third kappa shape index (κ3) is 4.47. The maximum atomic E-state index is 12.6. The van der Waals surface area contributed by atoms with Crippen LogP contribution in [0.5, 0.6) is 0 Å². The molecule has 7 heteroatoms. The topological polar surface area (TPSA) is 105 Å². The van der Waals surface area contributed by atoms with Gasteiger partial charge in [-0.2, -0.15) is 0 Å². The van der Waals surface area contributed by atoms with Gasteiger partial charge in [-0.1, -0.05) is 61.4 Å². The van der Waals surface area contributed by atoms with Crippen molar-refractivity contribution < 1.29 is 24.2 Å². The van der Waals surface area contributed by atoms with Gasteiger partial charge >= 0.3 is 12.1 Å². The lowest BCUT2D eigenvalue weighted by molar-refractivity contribution is -0.142. The summed E-state index contributed by atoms with van der Waals surface area (Å²) >= 11 is 0. The van der Waals surface area contributed by atoms with Crippen molar-refractivity contribution >= 4 is 18.0 Å². The number of hydrogen-bond donors (Lipinski definition) is 3. The molecule has 1 fully saturated rings. The standard InChI is InChI=1S/C25H28N2O5/c1-15(24(29)30)26-23(28)20-12-6-7-13-22(20)27-25(31)32-14-21-18-10-4-2-8-16(18)17-9-3-5-11-19(17)21/h2-5,8-11,15,20-22H,6-7,12-14H2,1H3,(H,26,28)(H,27,31)(H,29,30)/t15-,20-,22+/m0/s1. The van der Waals surface area contributed by atoms with Crippen LogP contribution < -0.4 is 10.6 Å². The number of aliphatic carboxylic acids is 1. The normalized spacial score (nSPS) is 20.5. The minimum Gasteiger partial charge on any atom is -0.480 e. The van der Waals surface area contributed by atoms with Crippen LogP contribution in [0, 0.1) is 5.92 Å². The largest absolute Gasteiger partial charge is 0.480 e. The molecule has 3 atom stereocenters. The fraction of sp³-hybridized carbons (Fsp3) is 0.400. The summed E-state index contributed by atoms with van der Waals surface area (Å²) in [5.41, 5.74) is 4.60. The van der Waals surface area contributed by atoms with Crippen LogP contribution in [0.25, 0.3) is 11.1 Å². The average Bonchev–Trinajstić information content (AvgIpc) is 3.11. The van der Waals surface area contributed by atoms with E-state index >= 15 is 0 Å². The molecule has 0 heterocycles. The Labute approximate surface area is 187 Å². The van der Waals surface area contributed by atoms with Gasteiger partial charge in [-0.15, -0.1) is 0 Å². The molecule has 0 unspecified atom stereocenters. The van der Waals surface area contributed by atoms with Crippen LogP contribution in [0.1, 0.15) is 49.7 Å². The third-order valence-electron chi connectivity index (χ3n) is 6.48. The number of alkyl carbamates (subject to hydrolysis) is 1. The minimum atomic E-state index is -1.09. The van der Waals surface area contributed by atoms with Crippen LogP contribution in [0.4, 0.5) is 4.79 Å². The maximum Gasteiger partial charge on any atom is 0.407 e. The number of fused-ring (bicyclic) bond motifs is 3. The summed E-state index contributed by atoms with van der Waals surface area (Å²) in [5, 5.41) is 14.4. The van der Waals surface area contributed by atoms with Gasteiger partial charge in [0.2, 0.25) is 5.91 Å². The Kier molecular flexibility index (Phi) is 6.44. The number of amides is 2. The van der Waals surface area contributed by atoms with Gasteiger partial charge in [0.1, 0.15) is 12.6 Å². The van der Waals surface area contributed by atoms with E-state index in [0.29, 0.717) is 12.8 Å². The van der Waals surface area contributed by atoms with Gasteiger partial charge < -0.3 is 20.5 Å². The lowest BCUT2D eigenvalue weighted by Gasteiger charge is -2.31. The van der Waals surface area contributed by atoms with E-state index in [2.05, 4.69) is 34.9 Å². The van der Waals surface area contributed by atoms with Crippen molar-refractivity contribution in [3.05, 3.63) is 59.7 Å². The number of ether oxygens (including phenoxy) is 1. The molecule has 0 aliphatic heterocycles. The SMILES string of the molecule is C[C@H](NC(=O)[C@H]1CCCC[C@H]1NC(=O)OCC1c2ccccc2-c2ccccc21)C(=O)O. The Morgan fingerprint density at radius 1 is 1.00 bits per heavy atom. The molecular formula is C25H28N2O5. The predicted molar refractivity (Wildman–Crippen MR) is 119 cm³/mol. The fourth-order valence-corrected chi connectivity index (χ4v) is 4.79. The van der Waals surface area contributed by atoms with Crippen LogP contribution >= 0.6 is 0 Å². The Hall–Kier alpha value is -3.35. The van der Waals surface area contributed by atoms with Crippen LogP contribution in [-0.4, -0.2) is 41.8 Å². The minimum absolute atomic E-state index is 0.0324. The lowest BCUT2D eigenvalue weighted by atomic mass is 9.83. The Morgan fingerprint density at radius 2 is 1.59 bits per heavy atom. The molecule has 2 aromatic carbocycles. The van der Waals surface area contributed by atoms with Gasteiger partial charge in [-0.25, -0.2) is 4.79 Å². The van der Waals surface area contributed by atoms with E-state index in [-0.39, 0.29) is 24.5 Å². The van der Waals surface area contributed by atoms with Gasteiger partial charge in [-0.3, -0.25) is 9.59 Å². The second-order valence-corrected chi connectivity index (χ2v) is 8.54. The van der Waals surface area contributed by atoms with Crippen LogP contribution in [0.3, 0.4) is 0 Å². The summed E-state index contributed by atoms with van der Waals surface area (Å²) in [6.45, 7) is 1.64. The Bertz CT molecular complexity index is 975. The van der Waals surface area contributed by atoms with Crippen molar-refractivity contribution in [2.45, 2.75) is 50.6 Å². The molecule has 4 rings (SSSR count). The first kappa shape index (κ1) is 21.9. The van der Waals surface area contributed by atoms with Gasteiger partial charge in [0.15, 0.2) is 0 Å². The molecule has 0 saturated heterocycles. The maximum absolute atomic E-state index is 12.6. The van der Waals surface area contributed by atoms with Gasteiger partial charge in [-0.05, 0) is 42.0 Å². The molecule has 3 N–H and O–H groups in total. The fourth-order valence-electron chi connectivity index (χ4n) is 4.79. The summed E-state index contributed by atoms with van der Waals surface area (Å²) in [5.74, 6) is -1.93. The molecule has 32 heavy (non-hydrogen) atoms. The third-order valence-corrected chi connectivity index (χ3v) is 6.48. The zero-order valence-electron chi connectivity index (χ0n) is 18.0. The molecule has 0 aromatic heterocycles. The summed E-state index contributed by atoms with van der Waals surface area (Å²) in [6, 6.07) is 14.9. The molecule has 0 radical (unpaired) electrons. The van der Waals surface area contributed by atoms with Crippen LogP contribution in [0.2, 0.25) is 0 Å². The number of rotatable bonds is 6. The average molecular weight is 437 g/mol. The monoisotopic (exact) mass is 436 g/mol. The van der Waals surface area contributed by atoms with E-state index in [1.54, 1.807) is 0 Å². The van der Waals surface area contributed by atoms with E-state index < -0.39 is 24.0 Å². The molecule has 168 valence electrons. The van der Waals surface area contributed by atoms with Crippen molar-refractivity contribution in [2.24, 2.45) is 5.92 Å². The number of hydrogen-bond acceptors (Lipinski definition) is 4. The molecule has 2 aliphatic rings. The molecular weight excluding hydrogens is 408 g/mol. The Morgan fingerprint density at radius 3 is 2.22 bits per heavy atom. The van der Waals surface area contributed by atoms with Crippen molar-refractivity contribution in [3.63, 3.8) is 0 Å². The number of nitrogens with one attached hydrogen (secondary N) is 2. The highest BCUT2D eigenvalue weighted by Crippen LogP contribution is 2.44. The second kappa shape index (κ2) is 9.42.